The van der Waals surface area contributed by atoms with Gasteiger partial charge in [-0.05, 0) is 31.9 Å². The summed E-state index contributed by atoms with van der Waals surface area (Å²) < 4.78 is 1.72. The van der Waals surface area contributed by atoms with Gasteiger partial charge in [-0.25, -0.2) is 0 Å². The van der Waals surface area contributed by atoms with Gasteiger partial charge in [0.25, 0.3) is 5.91 Å². The lowest BCUT2D eigenvalue weighted by atomic mass is 9.97. The normalized spacial score (nSPS) is 24.6. The molecule has 1 fully saturated rings. The molecule has 1 saturated heterocycles. The first kappa shape index (κ1) is 12.1. The van der Waals surface area contributed by atoms with Gasteiger partial charge in [-0.15, -0.1) is 0 Å². The van der Waals surface area contributed by atoms with E-state index in [0.717, 1.165) is 25.2 Å². The van der Waals surface area contributed by atoms with Gasteiger partial charge in [0, 0.05) is 25.3 Å². The highest BCUT2D eigenvalue weighted by Crippen LogP contribution is 2.10. The van der Waals surface area contributed by atoms with E-state index < -0.39 is 0 Å². The molecule has 1 aliphatic heterocycles. The zero-order chi connectivity index (χ0) is 12.4. The van der Waals surface area contributed by atoms with Crippen LogP contribution in [-0.4, -0.2) is 34.8 Å². The van der Waals surface area contributed by atoms with Crippen molar-refractivity contribution in [3.63, 3.8) is 0 Å². The third-order valence-corrected chi connectivity index (χ3v) is 3.25. The Morgan fingerprint density at radius 2 is 2.35 bits per heavy atom. The summed E-state index contributed by atoms with van der Waals surface area (Å²) >= 11 is 0. The van der Waals surface area contributed by atoms with Crippen LogP contribution in [0, 0.1) is 12.8 Å². The molecular formula is C12H20N4O. The van der Waals surface area contributed by atoms with E-state index in [9.17, 15) is 4.79 Å². The summed E-state index contributed by atoms with van der Waals surface area (Å²) in [7, 11) is 1.84. The Bertz CT molecular complexity index is 393. The zero-order valence-corrected chi connectivity index (χ0v) is 10.7. The molecule has 1 amide bonds. The molecule has 0 spiro atoms. The van der Waals surface area contributed by atoms with Gasteiger partial charge in [-0.3, -0.25) is 9.48 Å². The van der Waals surface area contributed by atoms with Crippen molar-refractivity contribution in [1.29, 1.82) is 0 Å². The molecule has 5 nitrogen and oxygen atoms in total. The number of aryl methyl sites for hydroxylation is 2. The number of nitrogens with zero attached hydrogens (tertiary/aromatic N) is 2. The molecule has 2 unspecified atom stereocenters. The van der Waals surface area contributed by atoms with E-state index in [1.165, 1.54) is 0 Å². The Morgan fingerprint density at radius 1 is 1.59 bits per heavy atom. The summed E-state index contributed by atoms with van der Waals surface area (Å²) in [6, 6.07) is 2.03. The van der Waals surface area contributed by atoms with Crippen molar-refractivity contribution < 1.29 is 4.79 Å². The van der Waals surface area contributed by atoms with E-state index >= 15 is 0 Å². The second-order valence-electron chi connectivity index (χ2n) is 4.96. The highest BCUT2D eigenvalue weighted by molar-refractivity contribution is 5.92. The first-order chi connectivity index (χ1) is 8.06. The molecule has 0 aliphatic carbocycles. The minimum Gasteiger partial charge on any atom is -0.347 e. The molecule has 2 N–H and O–H groups in total. The van der Waals surface area contributed by atoms with Crippen molar-refractivity contribution in [2.45, 2.75) is 26.3 Å². The fraction of sp³-hybridized carbons (Fsp3) is 0.667. The molecule has 1 aliphatic rings. The van der Waals surface area contributed by atoms with E-state index in [0.29, 0.717) is 11.6 Å². The standard InChI is InChI=1S/C12H20N4O/c1-8-4-10(7-13-6-8)14-12(17)11-5-9(2)16(3)15-11/h5,8,10,13H,4,6-7H2,1-3H3,(H,14,17). The van der Waals surface area contributed by atoms with Crippen molar-refractivity contribution in [3.05, 3.63) is 17.5 Å². The predicted octanol–water partition coefficient (Wildman–Crippen LogP) is 0.456. The summed E-state index contributed by atoms with van der Waals surface area (Å²) in [5, 5.41) is 10.5. The predicted molar refractivity (Wildman–Crippen MR) is 65.8 cm³/mol. The van der Waals surface area contributed by atoms with E-state index in [-0.39, 0.29) is 11.9 Å². The maximum Gasteiger partial charge on any atom is 0.272 e. The van der Waals surface area contributed by atoms with Gasteiger partial charge in [0.15, 0.2) is 0 Å². The fourth-order valence-electron chi connectivity index (χ4n) is 2.20. The van der Waals surface area contributed by atoms with E-state index in [4.69, 9.17) is 0 Å². The first-order valence-electron chi connectivity index (χ1n) is 6.08. The minimum absolute atomic E-state index is 0.0744. The van der Waals surface area contributed by atoms with Gasteiger partial charge in [0.05, 0.1) is 0 Å². The number of carbonyl (C=O) groups excluding carboxylic acids is 1. The van der Waals surface area contributed by atoms with Crippen LogP contribution >= 0.6 is 0 Å². The Balaban J connectivity index is 1.96. The second kappa shape index (κ2) is 4.87. The highest BCUT2D eigenvalue weighted by Gasteiger charge is 2.21. The van der Waals surface area contributed by atoms with Gasteiger partial charge in [0.1, 0.15) is 5.69 Å². The van der Waals surface area contributed by atoms with Crippen molar-refractivity contribution >= 4 is 5.91 Å². The maximum absolute atomic E-state index is 12.0. The summed E-state index contributed by atoms with van der Waals surface area (Å²) in [5.41, 5.74) is 1.49. The molecule has 0 aromatic carbocycles. The number of carbonyl (C=O) groups is 1. The number of hydrogen-bond donors (Lipinski definition) is 2. The van der Waals surface area contributed by atoms with Crippen LogP contribution in [0.2, 0.25) is 0 Å². The lowest BCUT2D eigenvalue weighted by Crippen LogP contribution is -2.48. The number of hydrogen-bond acceptors (Lipinski definition) is 3. The number of rotatable bonds is 2. The Kier molecular flexibility index (Phi) is 3.47. The lowest BCUT2D eigenvalue weighted by molar-refractivity contribution is 0.0919. The largest absolute Gasteiger partial charge is 0.347 e. The van der Waals surface area contributed by atoms with Crippen LogP contribution in [0.3, 0.4) is 0 Å². The lowest BCUT2D eigenvalue weighted by Gasteiger charge is -2.28. The molecule has 17 heavy (non-hydrogen) atoms. The summed E-state index contributed by atoms with van der Waals surface area (Å²) in [4.78, 5) is 12.0. The van der Waals surface area contributed by atoms with E-state index in [1.54, 1.807) is 4.68 Å². The monoisotopic (exact) mass is 236 g/mol. The smallest absolute Gasteiger partial charge is 0.272 e. The van der Waals surface area contributed by atoms with Gasteiger partial charge in [-0.2, -0.15) is 5.10 Å². The first-order valence-corrected chi connectivity index (χ1v) is 6.08. The van der Waals surface area contributed by atoms with Crippen molar-refractivity contribution in [2.75, 3.05) is 13.1 Å². The molecule has 0 radical (unpaired) electrons. The molecular weight excluding hydrogens is 216 g/mol. The third kappa shape index (κ3) is 2.85. The molecule has 1 aromatic rings. The summed E-state index contributed by atoms with van der Waals surface area (Å²) in [5.74, 6) is 0.536. The number of nitrogens with one attached hydrogen (secondary N) is 2. The van der Waals surface area contributed by atoms with E-state index in [1.807, 2.05) is 20.0 Å². The highest BCUT2D eigenvalue weighted by atomic mass is 16.2. The molecule has 94 valence electrons. The van der Waals surface area contributed by atoms with Crippen LogP contribution in [0.1, 0.15) is 29.5 Å². The van der Waals surface area contributed by atoms with Crippen LogP contribution in [0.5, 0.6) is 0 Å². The minimum atomic E-state index is -0.0744. The quantitative estimate of drug-likeness (QED) is 0.784. The molecule has 0 saturated carbocycles. The summed E-state index contributed by atoms with van der Waals surface area (Å²) in [6.07, 6.45) is 1.03. The molecule has 1 aromatic heterocycles. The maximum atomic E-state index is 12.0. The Morgan fingerprint density at radius 3 is 2.94 bits per heavy atom. The van der Waals surface area contributed by atoms with Crippen molar-refractivity contribution in [2.24, 2.45) is 13.0 Å². The fourth-order valence-corrected chi connectivity index (χ4v) is 2.20. The average Bonchev–Trinajstić information content (AvgIpc) is 2.59. The van der Waals surface area contributed by atoms with Gasteiger partial charge >= 0.3 is 0 Å². The zero-order valence-electron chi connectivity index (χ0n) is 10.7. The summed E-state index contributed by atoms with van der Waals surface area (Å²) in [6.45, 7) is 6.02. The van der Waals surface area contributed by atoms with Crippen LogP contribution < -0.4 is 10.6 Å². The van der Waals surface area contributed by atoms with Gasteiger partial charge in [-0.1, -0.05) is 6.92 Å². The van der Waals surface area contributed by atoms with Crippen molar-refractivity contribution in [1.82, 2.24) is 20.4 Å². The Labute approximate surface area is 102 Å². The van der Waals surface area contributed by atoms with Crippen LogP contribution in [0.25, 0.3) is 0 Å². The molecule has 0 bridgehead atoms. The van der Waals surface area contributed by atoms with Crippen molar-refractivity contribution in [3.8, 4) is 0 Å². The second-order valence-corrected chi connectivity index (χ2v) is 4.96. The van der Waals surface area contributed by atoms with Crippen LogP contribution in [0.4, 0.5) is 0 Å². The number of piperidine rings is 1. The number of aromatic nitrogens is 2. The topological polar surface area (TPSA) is 59.0 Å². The molecule has 2 rings (SSSR count). The third-order valence-electron chi connectivity index (χ3n) is 3.25. The van der Waals surface area contributed by atoms with Crippen LogP contribution in [0.15, 0.2) is 6.07 Å². The molecule has 2 atom stereocenters. The SMILES string of the molecule is Cc1cc(C(=O)NC2CNCC(C)C2)nn1C. The molecule has 2 heterocycles. The number of amides is 1. The van der Waals surface area contributed by atoms with Gasteiger partial charge < -0.3 is 10.6 Å². The Hall–Kier alpha value is -1.36. The van der Waals surface area contributed by atoms with Crippen LogP contribution in [-0.2, 0) is 7.05 Å². The molecule has 5 heteroatoms. The average molecular weight is 236 g/mol. The van der Waals surface area contributed by atoms with Gasteiger partial charge in [0.2, 0.25) is 0 Å². The van der Waals surface area contributed by atoms with E-state index in [2.05, 4.69) is 22.7 Å².